The van der Waals surface area contributed by atoms with Crippen LogP contribution in [0.3, 0.4) is 0 Å². The van der Waals surface area contributed by atoms with Gasteiger partial charge in [0.2, 0.25) is 0 Å². The fraction of sp³-hybridized carbons (Fsp3) is 0.167. The van der Waals surface area contributed by atoms with E-state index in [2.05, 4.69) is 25.9 Å². The summed E-state index contributed by atoms with van der Waals surface area (Å²) in [4.78, 5) is 8.22. The number of hydrogen-bond acceptors (Lipinski definition) is 3. The lowest BCUT2D eigenvalue weighted by Crippen LogP contribution is -2.14. The first-order valence-corrected chi connectivity index (χ1v) is 6.29. The monoisotopic (exact) mass is 311 g/mol. The number of rotatable bonds is 3. The van der Waals surface area contributed by atoms with Gasteiger partial charge in [-0.25, -0.2) is 0 Å². The summed E-state index contributed by atoms with van der Waals surface area (Å²) >= 11 is 9.39. The molecule has 2 aromatic rings. The van der Waals surface area contributed by atoms with Crippen molar-refractivity contribution in [2.45, 2.75) is 12.5 Å². The van der Waals surface area contributed by atoms with Crippen molar-refractivity contribution in [3.8, 4) is 0 Å². The first-order chi connectivity index (χ1) is 8.16. The Morgan fingerprint density at radius 3 is 2.76 bits per heavy atom. The van der Waals surface area contributed by atoms with Gasteiger partial charge in [-0.3, -0.25) is 9.97 Å². The molecule has 0 aliphatic carbocycles. The fourth-order valence-corrected chi connectivity index (χ4v) is 2.04. The molecule has 2 rings (SSSR count). The Labute approximate surface area is 113 Å². The molecule has 5 heteroatoms. The molecule has 0 fully saturated rings. The summed E-state index contributed by atoms with van der Waals surface area (Å²) < 4.78 is 0.955. The molecule has 2 N–H and O–H groups in total. The molecule has 0 saturated carbocycles. The zero-order valence-electron chi connectivity index (χ0n) is 8.98. The highest BCUT2D eigenvalue weighted by atomic mass is 79.9. The van der Waals surface area contributed by atoms with Gasteiger partial charge in [-0.2, -0.15) is 0 Å². The van der Waals surface area contributed by atoms with E-state index < -0.39 is 0 Å². The van der Waals surface area contributed by atoms with Crippen molar-refractivity contribution < 1.29 is 0 Å². The Kier molecular flexibility index (Phi) is 4.10. The first kappa shape index (κ1) is 12.5. The van der Waals surface area contributed by atoms with E-state index in [0.717, 1.165) is 15.7 Å². The largest absolute Gasteiger partial charge is 0.324 e. The van der Waals surface area contributed by atoms with Gasteiger partial charge in [0.1, 0.15) is 0 Å². The van der Waals surface area contributed by atoms with E-state index in [1.54, 1.807) is 18.6 Å². The normalized spacial score (nSPS) is 12.4. The van der Waals surface area contributed by atoms with Gasteiger partial charge in [0, 0.05) is 41.2 Å². The minimum atomic E-state index is -0.167. The van der Waals surface area contributed by atoms with Gasteiger partial charge in [0.25, 0.3) is 0 Å². The van der Waals surface area contributed by atoms with Crippen LogP contribution in [0.2, 0.25) is 5.02 Å². The van der Waals surface area contributed by atoms with Gasteiger partial charge in [-0.1, -0.05) is 11.6 Å². The summed E-state index contributed by atoms with van der Waals surface area (Å²) in [6, 6.07) is 5.56. The SMILES string of the molecule is NC(Cc1ccc(Br)cn1)c1ccncc1Cl. The molecule has 0 radical (unpaired) electrons. The van der Waals surface area contributed by atoms with Crippen molar-refractivity contribution in [2.75, 3.05) is 0 Å². The lowest BCUT2D eigenvalue weighted by atomic mass is 10.0. The zero-order chi connectivity index (χ0) is 12.3. The quantitative estimate of drug-likeness (QED) is 0.947. The van der Waals surface area contributed by atoms with Gasteiger partial charge in [0.15, 0.2) is 0 Å². The maximum absolute atomic E-state index is 6.10. The molecule has 1 atom stereocenters. The van der Waals surface area contributed by atoms with Crippen molar-refractivity contribution in [1.29, 1.82) is 0 Å². The van der Waals surface area contributed by atoms with Crippen LogP contribution in [0.4, 0.5) is 0 Å². The standard InChI is InChI=1S/C12H11BrClN3/c13-8-1-2-9(17-6-8)5-12(15)10-3-4-16-7-11(10)14/h1-4,6-7,12H,5,15H2. The average molecular weight is 313 g/mol. The third-order valence-electron chi connectivity index (χ3n) is 2.42. The number of aromatic nitrogens is 2. The highest BCUT2D eigenvalue weighted by Gasteiger charge is 2.11. The predicted molar refractivity (Wildman–Crippen MR) is 71.8 cm³/mol. The minimum absolute atomic E-state index is 0.167. The Balaban J connectivity index is 2.14. The summed E-state index contributed by atoms with van der Waals surface area (Å²) in [6.45, 7) is 0. The molecule has 0 amide bonds. The van der Waals surface area contributed by atoms with Crippen LogP contribution in [0.15, 0.2) is 41.3 Å². The molecule has 0 aliphatic heterocycles. The van der Waals surface area contributed by atoms with Gasteiger partial charge in [0.05, 0.1) is 5.02 Å². The van der Waals surface area contributed by atoms with Crippen molar-refractivity contribution in [2.24, 2.45) is 5.73 Å². The van der Waals surface area contributed by atoms with Crippen molar-refractivity contribution in [3.05, 3.63) is 57.5 Å². The molecule has 0 aromatic carbocycles. The fourth-order valence-electron chi connectivity index (χ4n) is 1.55. The molecule has 0 spiro atoms. The second kappa shape index (κ2) is 5.58. The highest BCUT2D eigenvalue weighted by molar-refractivity contribution is 9.10. The van der Waals surface area contributed by atoms with Crippen LogP contribution in [0.1, 0.15) is 17.3 Å². The Morgan fingerprint density at radius 1 is 1.29 bits per heavy atom. The number of pyridine rings is 2. The molecular formula is C12H11BrClN3. The number of hydrogen-bond donors (Lipinski definition) is 1. The summed E-state index contributed by atoms with van der Waals surface area (Å²) in [5, 5.41) is 0.595. The topological polar surface area (TPSA) is 51.8 Å². The summed E-state index contributed by atoms with van der Waals surface area (Å²) in [7, 11) is 0. The second-order valence-electron chi connectivity index (χ2n) is 3.68. The molecule has 88 valence electrons. The summed E-state index contributed by atoms with van der Waals surface area (Å²) in [6.07, 6.45) is 5.70. The smallest absolute Gasteiger partial charge is 0.0637 e. The molecule has 2 heterocycles. The minimum Gasteiger partial charge on any atom is -0.324 e. The number of nitrogens with two attached hydrogens (primary N) is 1. The molecule has 2 aromatic heterocycles. The predicted octanol–water partition coefficient (Wildman–Crippen LogP) is 3.14. The summed E-state index contributed by atoms with van der Waals surface area (Å²) in [5.74, 6) is 0. The molecule has 0 aliphatic rings. The van der Waals surface area contributed by atoms with Gasteiger partial charge in [-0.15, -0.1) is 0 Å². The van der Waals surface area contributed by atoms with E-state index in [0.29, 0.717) is 11.4 Å². The molecular weight excluding hydrogens is 302 g/mol. The van der Waals surface area contributed by atoms with E-state index in [9.17, 15) is 0 Å². The zero-order valence-corrected chi connectivity index (χ0v) is 11.3. The molecule has 3 nitrogen and oxygen atoms in total. The number of halogens is 2. The lowest BCUT2D eigenvalue weighted by Gasteiger charge is -2.12. The van der Waals surface area contributed by atoms with Crippen LogP contribution in [-0.4, -0.2) is 9.97 Å². The van der Waals surface area contributed by atoms with E-state index in [-0.39, 0.29) is 6.04 Å². The third-order valence-corrected chi connectivity index (χ3v) is 3.21. The van der Waals surface area contributed by atoms with Crippen LogP contribution in [0.25, 0.3) is 0 Å². The first-order valence-electron chi connectivity index (χ1n) is 5.12. The Hall–Kier alpha value is -0.970. The van der Waals surface area contributed by atoms with Crippen LogP contribution in [0, 0.1) is 0 Å². The Morgan fingerprint density at radius 2 is 2.12 bits per heavy atom. The maximum atomic E-state index is 6.10. The van der Waals surface area contributed by atoms with Gasteiger partial charge < -0.3 is 5.73 Å². The van der Waals surface area contributed by atoms with Gasteiger partial charge in [-0.05, 0) is 39.7 Å². The molecule has 0 saturated heterocycles. The van der Waals surface area contributed by atoms with Gasteiger partial charge >= 0.3 is 0 Å². The highest BCUT2D eigenvalue weighted by Crippen LogP contribution is 2.22. The van der Waals surface area contributed by atoms with Crippen LogP contribution in [-0.2, 0) is 6.42 Å². The Bertz CT molecular complexity index is 501. The maximum Gasteiger partial charge on any atom is 0.0637 e. The van der Waals surface area contributed by atoms with E-state index >= 15 is 0 Å². The second-order valence-corrected chi connectivity index (χ2v) is 5.00. The van der Waals surface area contributed by atoms with Crippen LogP contribution >= 0.6 is 27.5 Å². The van der Waals surface area contributed by atoms with Crippen LogP contribution < -0.4 is 5.73 Å². The average Bonchev–Trinajstić information content (AvgIpc) is 2.32. The molecule has 0 bridgehead atoms. The molecule has 1 unspecified atom stereocenters. The van der Waals surface area contributed by atoms with Crippen molar-refractivity contribution in [1.82, 2.24) is 9.97 Å². The lowest BCUT2D eigenvalue weighted by molar-refractivity contribution is 0.705. The van der Waals surface area contributed by atoms with Crippen molar-refractivity contribution in [3.63, 3.8) is 0 Å². The van der Waals surface area contributed by atoms with E-state index in [4.69, 9.17) is 17.3 Å². The van der Waals surface area contributed by atoms with Crippen LogP contribution in [0.5, 0.6) is 0 Å². The van der Waals surface area contributed by atoms with E-state index in [1.165, 1.54) is 0 Å². The van der Waals surface area contributed by atoms with Crippen molar-refractivity contribution >= 4 is 27.5 Å². The summed E-state index contributed by atoms with van der Waals surface area (Å²) in [5.41, 5.74) is 7.94. The molecule has 17 heavy (non-hydrogen) atoms. The van der Waals surface area contributed by atoms with E-state index in [1.807, 2.05) is 18.2 Å². The third kappa shape index (κ3) is 3.25. The number of nitrogens with zero attached hydrogens (tertiary/aromatic N) is 2.